The fourth-order valence-electron chi connectivity index (χ4n) is 3.93. The molecule has 0 fully saturated rings. The summed E-state index contributed by atoms with van der Waals surface area (Å²) in [6.07, 6.45) is 0.460. The molecule has 1 heterocycles. The molecule has 2 atom stereocenters. The van der Waals surface area contributed by atoms with Crippen LogP contribution in [0.25, 0.3) is 0 Å². The van der Waals surface area contributed by atoms with E-state index in [1.807, 2.05) is 39.0 Å². The van der Waals surface area contributed by atoms with Crippen molar-refractivity contribution in [2.75, 3.05) is 18.1 Å². The molecule has 0 saturated carbocycles. The van der Waals surface area contributed by atoms with Gasteiger partial charge < -0.3 is 20.1 Å². The number of para-hydroxylation sites is 1. The lowest BCUT2D eigenvalue weighted by Crippen LogP contribution is -2.48. The first-order valence-corrected chi connectivity index (χ1v) is 11.3. The van der Waals surface area contributed by atoms with Crippen molar-refractivity contribution in [1.29, 1.82) is 0 Å². The molecule has 0 aliphatic carbocycles. The molecule has 172 valence electrons. The van der Waals surface area contributed by atoms with Crippen LogP contribution in [0.2, 0.25) is 5.02 Å². The molecule has 1 aliphatic heterocycles. The highest BCUT2D eigenvalue weighted by atomic mass is 35.5. The second kappa shape index (κ2) is 10.4. The Morgan fingerprint density at radius 2 is 1.97 bits per heavy atom. The van der Waals surface area contributed by atoms with Gasteiger partial charge in [-0.15, -0.1) is 0 Å². The van der Waals surface area contributed by atoms with Crippen molar-refractivity contribution in [3.05, 3.63) is 58.1 Å². The summed E-state index contributed by atoms with van der Waals surface area (Å²) in [5, 5.41) is 0.396. The molecule has 1 aliphatic rings. The molecular weight excluding hydrogens is 428 g/mol. The highest BCUT2D eigenvalue weighted by molar-refractivity contribution is 6.31. The zero-order chi connectivity index (χ0) is 23.4. The lowest BCUT2D eigenvalue weighted by Gasteiger charge is -2.34. The molecule has 1 unspecified atom stereocenters. The summed E-state index contributed by atoms with van der Waals surface area (Å²) in [6, 6.07) is 10.5. The number of anilines is 1. The van der Waals surface area contributed by atoms with Crippen LogP contribution in [0.15, 0.2) is 36.4 Å². The fourth-order valence-corrected chi connectivity index (χ4v) is 4.27. The molecule has 2 aromatic rings. The molecule has 7 heteroatoms. The summed E-state index contributed by atoms with van der Waals surface area (Å²) >= 11 is 6.47. The van der Waals surface area contributed by atoms with Crippen molar-refractivity contribution in [3.8, 4) is 5.75 Å². The van der Waals surface area contributed by atoms with Gasteiger partial charge in [0, 0.05) is 17.3 Å². The average Bonchev–Trinajstić information content (AvgIpc) is 2.73. The number of fused-ring (bicyclic) bond motifs is 1. The molecule has 0 spiro atoms. The van der Waals surface area contributed by atoms with Gasteiger partial charge in [0.15, 0.2) is 0 Å². The summed E-state index contributed by atoms with van der Waals surface area (Å²) in [5.74, 6) is 0.739. The lowest BCUT2D eigenvalue weighted by molar-refractivity contribution is -0.120. The Labute approximate surface area is 194 Å². The van der Waals surface area contributed by atoms with Gasteiger partial charge >= 0.3 is 6.16 Å². The standard InChI is InChI=1S/C25H31ClN2O4/c1-15(2)14-31-25(30)32-19-10-17(4)20(21(26)11-19)12-22(27)24(29)28-13-16(3)9-18-7-5-6-8-23(18)28/h5-8,10-11,15-16,22H,9,12-14,27H2,1-4H3/t16?,22-/m0/s1. The zero-order valence-electron chi connectivity index (χ0n) is 19.1. The Morgan fingerprint density at radius 1 is 1.25 bits per heavy atom. The Hall–Kier alpha value is -2.57. The van der Waals surface area contributed by atoms with Gasteiger partial charge in [-0.05, 0) is 66.5 Å². The molecule has 0 radical (unpaired) electrons. The SMILES string of the molecule is Cc1cc(OC(=O)OCC(C)C)cc(Cl)c1C[C@H](N)C(=O)N1CC(C)Cc2ccccc21. The molecule has 1 amide bonds. The van der Waals surface area contributed by atoms with Gasteiger partial charge in [0.25, 0.3) is 0 Å². The molecule has 6 nitrogen and oxygen atoms in total. The number of carbonyl (C=O) groups excluding carboxylic acids is 2. The van der Waals surface area contributed by atoms with E-state index in [1.165, 1.54) is 0 Å². The first-order chi connectivity index (χ1) is 15.2. The number of ether oxygens (including phenoxy) is 2. The molecule has 2 aromatic carbocycles. The summed E-state index contributed by atoms with van der Waals surface area (Å²) in [7, 11) is 0. The van der Waals surface area contributed by atoms with Crippen LogP contribution in [-0.2, 0) is 22.4 Å². The minimum absolute atomic E-state index is 0.128. The Balaban J connectivity index is 1.72. The molecular formula is C25H31ClN2O4. The van der Waals surface area contributed by atoms with Crippen molar-refractivity contribution in [2.24, 2.45) is 17.6 Å². The summed E-state index contributed by atoms with van der Waals surface area (Å²) in [5.41, 5.74) is 9.99. The van der Waals surface area contributed by atoms with E-state index in [4.69, 9.17) is 26.8 Å². The van der Waals surface area contributed by atoms with Gasteiger partial charge in [0.05, 0.1) is 12.6 Å². The molecule has 32 heavy (non-hydrogen) atoms. The maximum absolute atomic E-state index is 13.2. The highest BCUT2D eigenvalue weighted by Gasteiger charge is 2.30. The van der Waals surface area contributed by atoms with Crippen molar-refractivity contribution in [3.63, 3.8) is 0 Å². The third-order valence-corrected chi connectivity index (χ3v) is 5.82. The summed E-state index contributed by atoms with van der Waals surface area (Å²) in [4.78, 5) is 26.9. The Kier molecular flexibility index (Phi) is 7.80. The van der Waals surface area contributed by atoms with E-state index >= 15 is 0 Å². The Morgan fingerprint density at radius 3 is 2.66 bits per heavy atom. The quantitative estimate of drug-likeness (QED) is 0.491. The number of benzene rings is 2. The number of nitrogens with zero attached hydrogens (tertiary/aromatic N) is 1. The number of aryl methyl sites for hydroxylation is 1. The average molecular weight is 459 g/mol. The number of carbonyl (C=O) groups is 2. The van der Waals surface area contributed by atoms with Crippen molar-refractivity contribution in [1.82, 2.24) is 0 Å². The highest BCUT2D eigenvalue weighted by Crippen LogP contribution is 2.31. The number of amides is 1. The fraction of sp³-hybridized carbons (Fsp3) is 0.440. The van der Waals surface area contributed by atoms with Gasteiger partial charge in [-0.25, -0.2) is 4.79 Å². The van der Waals surface area contributed by atoms with Crippen LogP contribution >= 0.6 is 11.6 Å². The predicted molar refractivity (Wildman–Crippen MR) is 126 cm³/mol. The van der Waals surface area contributed by atoms with E-state index in [1.54, 1.807) is 17.0 Å². The largest absolute Gasteiger partial charge is 0.513 e. The van der Waals surface area contributed by atoms with E-state index < -0.39 is 12.2 Å². The van der Waals surface area contributed by atoms with E-state index in [9.17, 15) is 9.59 Å². The van der Waals surface area contributed by atoms with Crippen LogP contribution in [0.5, 0.6) is 5.75 Å². The number of hydrogen-bond acceptors (Lipinski definition) is 5. The van der Waals surface area contributed by atoms with Gasteiger partial charge in [-0.2, -0.15) is 0 Å². The second-order valence-electron chi connectivity index (χ2n) is 8.95. The maximum atomic E-state index is 13.2. The summed E-state index contributed by atoms with van der Waals surface area (Å²) < 4.78 is 10.3. The molecule has 3 rings (SSSR count). The second-order valence-corrected chi connectivity index (χ2v) is 9.36. The number of nitrogens with two attached hydrogens (primary N) is 1. The first kappa shape index (κ1) is 24.1. The van der Waals surface area contributed by atoms with Gasteiger partial charge in [0.2, 0.25) is 5.91 Å². The first-order valence-electron chi connectivity index (χ1n) is 10.9. The molecule has 0 bridgehead atoms. The van der Waals surface area contributed by atoms with Crippen LogP contribution in [-0.4, -0.2) is 31.3 Å². The Bertz CT molecular complexity index is 969. The van der Waals surface area contributed by atoms with Crippen molar-refractivity contribution < 1.29 is 19.1 Å². The van der Waals surface area contributed by atoms with E-state index in [0.717, 1.165) is 28.8 Å². The van der Waals surface area contributed by atoms with Crippen LogP contribution in [0, 0.1) is 18.8 Å². The lowest BCUT2D eigenvalue weighted by atomic mass is 9.92. The van der Waals surface area contributed by atoms with Crippen molar-refractivity contribution >= 4 is 29.4 Å². The number of hydrogen-bond donors (Lipinski definition) is 1. The van der Waals surface area contributed by atoms with E-state index in [2.05, 4.69) is 13.0 Å². The molecule has 0 saturated heterocycles. The van der Waals surface area contributed by atoms with Crippen molar-refractivity contribution in [2.45, 2.75) is 46.6 Å². The molecule has 0 aromatic heterocycles. The number of halogens is 1. The van der Waals surface area contributed by atoms with Gasteiger partial charge in [-0.3, -0.25) is 4.79 Å². The van der Waals surface area contributed by atoms with Crippen LogP contribution in [0.3, 0.4) is 0 Å². The number of rotatable bonds is 6. The topological polar surface area (TPSA) is 81.9 Å². The van der Waals surface area contributed by atoms with Gasteiger partial charge in [0.1, 0.15) is 5.75 Å². The zero-order valence-corrected chi connectivity index (χ0v) is 19.8. The maximum Gasteiger partial charge on any atom is 0.513 e. The predicted octanol–water partition coefficient (Wildman–Crippen LogP) is 4.92. The smallest absolute Gasteiger partial charge is 0.434 e. The minimum atomic E-state index is -0.772. The van der Waals surface area contributed by atoms with Crippen LogP contribution < -0.4 is 15.4 Å². The minimum Gasteiger partial charge on any atom is -0.434 e. The summed E-state index contributed by atoms with van der Waals surface area (Å²) in [6.45, 7) is 8.78. The monoisotopic (exact) mass is 458 g/mol. The van der Waals surface area contributed by atoms with E-state index in [-0.39, 0.29) is 24.9 Å². The normalized spacial score (nSPS) is 16.5. The van der Waals surface area contributed by atoms with Crippen LogP contribution in [0.4, 0.5) is 10.5 Å². The third-order valence-electron chi connectivity index (χ3n) is 5.48. The van der Waals surface area contributed by atoms with Crippen LogP contribution in [0.1, 0.15) is 37.5 Å². The third kappa shape index (κ3) is 5.81. The van der Waals surface area contributed by atoms with E-state index in [0.29, 0.717) is 23.2 Å². The van der Waals surface area contributed by atoms with Gasteiger partial charge in [-0.1, -0.05) is 50.6 Å². The molecule has 2 N–H and O–H groups in total.